The second kappa shape index (κ2) is 3.16. The fourth-order valence-corrected chi connectivity index (χ4v) is 2.02. The molecular formula is C6H6BrF2NS. The largest absolute Gasteiger partial charge is 0.325 e. The first-order valence-electron chi connectivity index (χ1n) is 2.88. The summed E-state index contributed by atoms with van der Waals surface area (Å²) in [5.74, 6) is -2.88. The molecule has 1 rings (SSSR count). The summed E-state index contributed by atoms with van der Waals surface area (Å²) >= 11 is 4.09. The third-order valence-electron chi connectivity index (χ3n) is 1.18. The predicted octanol–water partition coefficient (Wildman–Crippen LogP) is 2.56. The number of nitrogens with two attached hydrogens (primary N) is 1. The standard InChI is InChI=1S/C6H6BrF2NS/c7-4-1-5(11-2-4)6(8,9)3-10/h1-2H,3,10H2. The van der Waals surface area contributed by atoms with Crippen molar-refractivity contribution < 1.29 is 8.78 Å². The van der Waals surface area contributed by atoms with E-state index in [4.69, 9.17) is 5.73 Å². The van der Waals surface area contributed by atoms with E-state index in [1.807, 2.05) is 0 Å². The lowest BCUT2D eigenvalue weighted by Gasteiger charge is -2.09. The van der Waals surface area contributed by atoms with Gasteiger partial charge >= 0.3 is 0 Å². The Kier molecular flexibility index (Phi) is 2.61. The van der Waals surface area contributed by atoms with Gasteiger partial charge < -0.3 is 5.73 Å². The molecule has 62 valence electrons. The molecule has 0 saturated carbocycles. The molecule has 11 heavy (non-hydrogen) atoms. The van der Waals surface area contributed by atoms with Crippen LogP contribution < -0.4 is 5.73 Å². The summed E-state index contributed by atoms with van der Waals surface area (Å²) in [4.78, 5) is 0.00637. The van der Waals surface area contributed by atoms with Gasteiger partial charge in [-0.1, -0.05) is 0 Å². The molecule has 0 spiro atoms. The molecule has 0 aromatic carbocycles. The van der Waals surface area contributed by atoms with Crippen LogP contribution >= 0.6 is 27.3 Å². The van der Waals surface area contributed by atoms with Crippen molar-refractivity contribution in [3.63, 3.8) is 0 Å². The van der Waals surface area contributed by atoms with Gasteiger partial charge in [-0.25, -0.2) is 0 Å². The van der Waals surface area contributed by atoms with E-state index < -0.39 is 12.5 Å². The maximum atomic E-state index is 12.8. The second-order valence-electron chi connectivity index (χ2n) is 2.04. The van der Waals surface area contributed by atoms with Crippen LogP contribution in [0, 0.1) is 0 Å². The number of rotatable bonds is 2. The highest BCUT2D eigenvalue weighted by atomic mass is 79.9. The summed E-state index contributed by atoms with van der Waals surface area (Å²) in [5, 5.41) is 1.61. The minimum atomic E-state index is -2.88. The fourth-order valence-electron chi connectivity index (χ4n) is 0.605. The zero-order valence-corrected chi connectivity index (χ0v) is 7.88. The predicted molar refractivity (Wildman–Crippen MR) is 45.0 cm³/mol. The monoisotopic (exact) mass is 241 g/mol. The van der Waals surface area contributed by atoms with Crippen LogP contribution in [-0.4, -0.2) is 6.54 Å². The molecule has 0 fully saturated rings. The van der Waals surface area contributed by atoms with E-state index in [-0.39, 0.29) is 4.88 Å². The topological polar surface area (TPSA) is 26.0 Å². The smallest absolute Gasteiger partial charge is 0.294 e. The van der Waals surface area contributed by atoms with Crippen LogP contribution in [0.4, 0.5) is 8.78 Å². The molecule has 1 aromatic rings. The summed E-state index contributed by atoms with van der Waals surface area (Å²) in [7, 11) is 0. The van der Waals surface area contributed by atoms with Gasteiger partial charge in [-0.15, -0.1) is 11.3 Å². The Morgan fingerprint density at radius 3 is 2.64 bits per heavy atom. The van der Waals surface area contributed by atoms with E-state index in [1.54, 1.807) is 5.38 Å². The number of alkyl halides is 2. The minimum absolute atomic E-state index is 0.00637. The summed E-state index contributed by atoms with van der Waals surface area (Å²) in [6.45, 7) is -0.639. The van der Waals surface area contributed by atoms with E-state index >= 15 is 0 Å². The molecule has 0 aliphatic heterocycles. The van der Waals surface area contributed by atoms with Gasteiger partial charge in [0.2, 0.25) is 0 Å². The molecular weight excluding hydrogens is 236 g/mol. The van der Waals surface area contributed by atoms with Gasteiger partial charge in [-0.05, 0) is 22.0 Å². The Hall–Kier alpha value is -0.0000000000000000833. The SMILES string of the molecule is NCC(F)(F)c1cc(Br)cs1. The van der Waals surface area contributed by atoms with Gasteiger partial charge in [0.25, 0.3) is 5.92 Å². The summed E-state index contributed by atoms with van der Waals surface area (Å²) in [6.07, 6.45) is 0. The molecule has 0 bridgehead atoms. The van der Waals surface area contributed by atoms with Crippen molar-refractivity contribution in [3.05, 3.63) is 20.8 Å². The third kappa shape index (κ3) is 1.98. The van der Waals surface area contributed by atoms with Crippen molar-refractivity contribution in [2.75, 3.05) is 6.54 Å². The van der Waals surface area contributed by atoms with Crippen LogP contribution in [0.25, 0.3) is 0 Å². The van der Waals surface area contributed by atoms with E-state index in [2.05, 4.69) is 15.9 Å². The highest BCUT2D eigenvalue weighted by Crippen LogP contribution is 2.33. The van der Waals surface area contributed by atoms with Crippen LogP contribution in [0.5, 0.6) is 0 Å². The molecule has 0 amide bonds. The molecule has 0 atom stereocenters. The molecule has 1 heterocycles. The Bertz CT molecular complexity index is 248. The highest BCUT2D eigenvalue weighted by molar-refractivity contribution is 9.10. The first-order chi connectivity index (χ1) is 5.06. The lowest BCUT2D eigenvalue weighted by Crippen LogP contribution is -2.23. The van der Waals surface area contributed by atoms with Gasteiger partial charge in [0, 0.05) is 9.85 Å². The summed E-state index contributed by atoms with van der Waals surface area (Å²) < 4.78 is 26.2. The summed E-state index contributed by atoms with van der Waals surface area (Å²) in [5.41, 5.74) is 4.89. The lowest BCUT2D eigenvalue weighted by molar-refractivity contribution is 0.00986. The molecule has 0 aliphatic rings. The number of hydrogen-bond acceptors (Lipinski definition) is 2. The van der Waals surface area contributed by atoms with Crippen molar-refractivity contribution in [2.45, 2.75) is 5.92 Å². The highest BCUT2D eigenvalue weighted by Gasteiger charge is 2.30. The molecule has 0 radical (unpaired) electrons. The third-order valence-corrected chi connectivity index (χ3v) is 2.99. The van der Waals surface area contributed by atoms with Gasteiger partial charge in [-0.3, -0.25) is 0 Å². The minimum Gasteiger partial charge on any atom is -0.325 e. The zero-order valence-electron chi connectivity index (χ0n) is 5.48. The Balaban J connectivity index is 2.92. The molecule has 0 unspecified atom stereocenters. The summed E-state index contributed by atoms with van der Waals surface area (Å²) in [6, 6.07) is 1.39. The van der Waals surface area contributed by atoms with Crippen LogP contribution in [0.1, 0.15) is 4.88 Å². The maximum Gasteiger partial charge on any atom is 0.294 e. The first kappa shape index (κ1) is 9.09. The first-order valence-corrected chi connectivity index (χ1v) is 4.56. The maximum absolute atomic E-state index is 12.8. The van der Waals surface area contributed by atoms with Crippen molar-refractivity contribution in [1.82, 2.24) is 0 Å². The quantitative estimate of drug-likeness (QED) is 0.847. The molecule has 1 nitrogen and oxygen atoms in total. The average Bonchev–Trinajstić information content (AvgIpc) is 2.36. The van der Waals surface area contributed by atoms with Gasteiger partial charge in [-0.2, -0.15) is 8.78 Å². The second-order valence-corrected chi connectivity index (χ2v) is 3.86. The van der Waals surface area contributed by atoms with Crippen molar-refractivity contribution in [2.24, 2.45) is 5.73 Å². The van der Waals surface area contributed by atoms with Crippen LogP contribution in [0.15, 0.2) is 15.9 Å². The van der Waals surface area contributed by atoms with E-state index in [0.717, 1.165) is 11.3 Å². The lowest BCUT2D eigenvalue weighted by atomic mass is 10.3. The fraction of sp³-hybridized carbons (Fsp3) is 0.333. The Labute approximate surface area is 75.3 Å². The molecule has 0 saturated heterocycles. The van der Waals surface area contributed by atoms with E-state index in [1.165, 1.54) is 6.07 Å². The van der Waals surface area contributed by atoms with Gasteiger partial charge in [0.05, 0.1) is 11.4 Å². The number of hydrogen-bond donors (Lipinski definition) is 1. The van der Waals surface area contributed by atoms with E-state index in [9.17, 15) is 8.78 Å². The van der Waals surface area contributed by atoms with Crippen molar-refractivity contribution in [3.8, 4) is 0 Å². The zero-order chi connectivity index (χ0) is 8.48. The van der Waals surface area contributed by atoms with Crippen LogP contribution in [-0.2, 0) is 5.92 Å². The average molecular weight is 242 g/mol. The van der Waals surface area contributed by atoms with Crippen molar-refractivity contribution in [1.29, 1.82) is 0 Å². The van der Waals surface area contributed by atoms with Crippen molar-refractivity contribution >= 4 is 27.3 Å². The number of thiophene rings is 1. The van der Waals surface area contributed by atoms with Gasteiger partial charge in [0.1, 0.15) is 0 Å². The Morgan fingerprint density at radius 2 is 2.27 bits per heavy atom. The molecule has 1 aromatic heterocycles. The van der Waals surface area contributed by atoms with E-state index in [0.29, 0.717) is 4.47 Å². The normalized spacial score (nSPS) is 12.0. The molecule has 0 aliphatic carbocycles. The van der Waals surface area contributed by atoms with Crippen LogP contribution in [0.3, 0.4) is 0 Å². The molecule has 2 N–H and O–H groups in total. The Morgan fingerprint density at radius 1 is 1.64 bits per heavy atom. The van der Waals surface area contributed by atoms with Gasteiger partial charge in [0.15, 0.2) is 0 Å². The van der Waals surface area contributed by atoms with Crippen LogP contribution in [0.2, 0.25) is 0 Å². The number of halogens is 3. The molecule has 5 heteroatoms.